The Morgan fingerprint density at radius 1 is 1.23 bits per heavy atom. The van der Waals surface area contributed by atoms with E-state index in [2.05, 4.69) is 15.6 Å². The average molecular weight is 398 g/mol. The highest BCUT2D eigenvalue weighted by atomic mass is 35.5. The molecule has 142 valence electrons. The Balaban J connectivity index is 0.00000169. The molecule has 0 saturated carbocycles. The van der Waals surface area contributed by atoms with Gasteiger partial charge in [0.15, 0.2) is 0 Å². The Hall–Kier alpha value is -1.82. The lowest BCUT2D eigenvalue weighted by Crippen LogP contribution is -2.42. The smallest absolute Gasteiger partial charge is 0.251 e. The molecule has 1 saturated heterocycles. The van der Waals surface area contributed by atoms with Gasteiger partial charge in [0.2, 0.25) is 0 Å². The number of amides is 1. The number of aryl methyl sites for hydroxylation is 1. The van der Waals surface area contributed by atoms with Gasteiger partial charge in [-0.3, -0.25) is 9.78 Å². The van der Waals surface area contributed by atoms with Crippen molar-refractivity contribution in [1.29, 1.82) is 0 Å². The number of nitrogens with zero attached hydrogens (tertiary/aromatic N) is 1. The van der Waals surface area contributed by atoms with Gasteiger partial charge in [0.25, 0.3) is 5.91 Å². The van der Waals surface area contributed by atoms with Crippen LogP contribution in [-0.4, -0.2) is 30.0 Å². The van der Waals surface area contributed by atoms with Gasteiger partial charge < -0.3 is 15.4 Å². The van der Waals surface area contributed by atoms with Crippen LogP contribution in [0.3, 0.4) is 0 Å². The number of aromatic nitrogens is 1. The van der Waals surface area contributed by atoms with E-state index in [0.29, 0.717) is 12.2 Å². The van der Waals surface area contributed by atoms with Crippen molar-refractivity contribution < 1.29 is 9.53 Å². The van der Waals surface area contributed by atoms with Gasteiger partial charge in [-0.15, -0.1) is 24.8 Å². The minimum absolute atomic E-state index is 0. The van der Waals surface area contributed by atoms with Crippen LogP contribution in [-0.2, 0) is 6.61 Å². The lowest BCUT2D eigenvalue weighted by atomic mass is 10.1. The number of piperidine rings is 1. The molecule has 1 aliphatic heterocycles. The van der Waals surface area contributed by atoms with E-state index in [-0.39, 0.29) is 36.8 Å². The van der Waals surface area contributed by atoms with E-state index < -0.39 is 0 Å². The molecule has 1 aromatic heterocycles. The summed E-state index contributed by atoms with van der Waals surface area (Å²) in [7, 11) is 0. The first-order valence-corrected chi connectivity index (χ1v) is 8.37. The third kappa shape index (κ3) is 6.48. The fourth-order valence-corrected chi connectivity index (χ4v) is 2.74. The average Bonchev–Trinajstić information content (AvgIpc) is 2.62. The predicted octanol–water partition coefficient (Wildman–Crippen LogP) is 3.29. The second-order valence-electron chi connectivity index (χ2n) is 6.12. The Labute approximate surface area is 166 Å². The molecular formula is C19H25Cl2N3O2. The van der Waals surface area contributed by atoms with E-state index in [4.69, 9.17) is 4.74 Å². The van der Waals surface area contributed by atoms with E-state index in [1.54, 1.807) is 6.20 Å². The summed E-state index contributed by atoms with van der Waals surface area (Å²) in [6, 6.07) is 11.7. The van der Waals surface area contributed by atoms with Crippen LogP contribution in [0.25, 0.3) is 0 Å². The zero-order valence-corrected chi connectivity index (χ0v) is 16.4. The van der Waals surface area contributed by atoms with Crippen molar-refractivity contribution in [1.82, 2.24) is 15.6 Å². The Kier molecular flexibility index (Phi) is 9.41. The van der Waals surface area contributed by atoms with Crippen LogP contribution in [0.1, 0.15) is 34.5 Å². The number of pyridine rings is 1. The molecule has 0 aliphatic carbocycles. The molecule has 0 unspecified atom stereocenters. The van der Waals surface area contributed by atoms with Crippen LogP contribution in [0.2, 0.25) is 0 Å². The second kappa shape index (κ2) is 11.0. The van der Waals surface area contributed by atoms with Crippen molar-refractivity contribution in [3.63, 3.8) is 0 Å². The van der Waals surface area contributed by atoms with Crippen molar-refractivity contribution in [3.8, 4) is 5.75 Å². The molecule has 0 atom stereocenters. The summed E-state index contributed by atoms with van der Waals surface area (Å²) >= 11 is 0. The van der Waals surface area contributed by atoms with Gasteiger partial charge in [-0.1, -0.05) is 12.1 Å². The van der Waals surface area contributed by atoms with Crippen LogP contribution in [0.5, 0.6) is 5.75 Å². The van der Waals surface area contributed by atoms with Crippen molar-refractivity contribution in [2.24, 2.45) is 0 Å². The summed E-state index contributed by atoms with van der Waals surface area (Å²) in [5, 5.41) is 6.41. The number of nitrogens with one attached hydrogen (secondary N) is 2. The Bertz CT molecular complexity index is 689. The van der Waals surface area contributed by atoms with Gasteiger partial charge >= 0.3 is 0 Å². The molecule has 1 amide bonds. The maximum atomic E-state index is 12.4. The highest BCUT2D eigenvalue weighted by Crippen LogP contribution is 2.13. The minimum Gasteiger partial charge on any atom is -0.487 e. The van der Waals surface area contributed by atoms with Gasteiger partial charge in [0.1, 0.15) is 12.4 Å². The molecule has 0 bridgehead atoms. The van der Waals surface area contributed by atoms with Gasteiger partial charge in [0, 0.05) is 17.3 Å². The standard InChI is InChI=1S/C19H23N3O2.2ClH/c1-14-5-6-18(12-21-14)24-13-15-3-2-4-16(11-15)19(23)22-17-7-9-20-10-8-17;;/h2-6,11-12,17,20H,7-10,13H2,1H3,(H,22,23);2*1H. The first-order chi connectivity index (χ1) is 11.7. The fraction of sp³-hybridized carbons (Fsp3) is 0.368. The predicted molar refractivity (Wildman–Crippen MR) is 108 cm³/mol. The number of carbonyl (C=O) groups is 1. The summed E-state index contributed by atoms with van der Waals surface area (Å²) in [5.74, 6) is 0.714. The van der Waals surface area contributed by atoms with Gasteiger partial charge in [-0.2, -0.15) is 0 Å². The number of rotatable bonds is 5. The van der Waals surface area contributed by atoms with Crippen molar-refractivity contribution >= 4 is 30.7 Å². The van der Waals surface area contributed by atoms with E-state index in [0.717, 1.165) is 42.9 Å². The third-order valence-corrected chi connectivity index (χ3v) is 4.15. The van der Waals surface area contributed by atoms with Crippen molar-refractivity contribution in [3.05, 3.63) is 59.4 Å². The van der Waals surface area contributed by atoms with Crippen LogP contribution >= 0.6 is 24.8 Å². The number of carbonyl (C=O) groups excluding carboxylic acids is 1. The number of halogens is 2. The minimum atomic E-state index is -0.0132. The summed E-state index contributed by atoms with van der Waals surface area (Å²) in [4.78, 5) is 16.6. The molecular weight excluding hydrogens is 373 g/mol. The Morgan fingerprint density at radius 2 is 2.00 bits per heavy atom. The van der Waals surface area contributed by atoms with Crippen molar-refractivity contribution in [2.45, 2.75) is 32.4 Å². The summed E-state index contributed by atoms with van der Waals surface area (Å²) in [6.07, 6.45) is 3.67. The van der Waals surface area contributed by atoms with Crippen LogP contribution in [0.4, 0.5) is 0 Å². The quantitative estimate of drug-likeness (QED) is 0.812. The molecule has 26 heavy (non-hydrogen) atoms. The first-order valence-electron chi connectivity index (χ1n) is 8.37. The first kappa shape index (κ1) is 22.2. The van der Waals surface area contributed by atoms with Crippen molar-refractivity contribution in [2.75, 3.05) is 13.1 Å². The Morgan fingerprint density at radius 3 is 2.69 bits per heavy atom. The summed E-state index contributed by atoms with van der Waals surface area (Å²) in [5.41, 5.74) is 2.60. The third-order valence-electron chi connectivity index (χ3n) is 4.15. The maximum Gasteiger partial charge on any atom is 0.251 e. The topological polar surface area (TPSA) is 63.2 Å². The molecule has 1 fully saturated rings. The largest absolute Gasteiger partial charge is 0.487 e. The zero-order valence-electron chi connectivity index (χ0n) is 14.7. The van der Waals surface area contributed by atoms with Gasteiger partial charge in [-0.25, -0.2) is 0 Å². The van der Waals surface area contributed by atoms with Crippen LogP contribution in [0, 0.1) is 6.92 Å². The SMILES string of the molecule is Cc1ccc(OCc2cccc(C(=O)NC3CCNCC3)c2)cn1.Cl.Cl. The zero-order chi connectivity index (χ0) is 16.8. The van der Waals surface area contributed by atoms with Gasteiger partial charge in [-0.05, 0) is 62.7 Å². The molecule has 3 rings (SSSR count). The number of hydrogen-bond acceptors (Lipinski definition) is 4. The number of hydrogen-bond donors (Lipinski definition) is 2. The van der Waals surface area contributed by atoms with E-state index in [9.17, 15) is 4.79 Å². The lowest BCUT2D eigenvalue weighted by Gasteiger charge is -2.23. The second-order valence-corrected chi connectivity index (χ2v) is 6.12. The molecule has 0 radical (unpaired) electrons. The van der Waals surface area contributed by atoms with Crippen LogP contribution in [0.15, 0.2) is 42.6 Å². The normalized spacial score (nSPS) is 13.9. The molecule has 2 heterocycles. The monoisotopic (exact) mass is 397 g/mol. The molecule has 5 nitrogen and oxygen atoms in total. The lowest BCUT2D eigenvalue weighted by molar-refractivity contribution is 0.0929. The summed E-state index contributed by atoms with van der Waals surface area (Å²) < 4.78 is 5.73. The maximum absolute atomic E-state index is 12.4. The highest BCUT2D eigenvalue weighted by molar-refractivity contribution is 5.94. The number of ether oxygens (including phenoxy) is 1. The molecule has 1 aliphatic rings. The van der Waals surface area contributed by atoms with Gasteiger partial charge in [0.05, 0.1) is 6.20 Å². The fourth-order valence-electron chi connectivity index (χ4n) is 2.74. The summed E-state index contributed by atoms with van der Waals surface area (Å²) in [6.45, 7) is 4.28. The van der Waals surface area contributed by atoms with E-state index in [1.165, 1.54) is 0 Å². The highest BCUT2D eigenvalue weighted by Gasteiger charge is 2.16. The number of benzene rings is 1. The van der Waals surface area contributed by atoms with Crippen LogP contribution < -0.4 is 15.4 Å². The molecule has 0 spiro atoms. The molecule has 2 N–H and O–H groups in total. The van der Waals surface area contributed by atoms with E-state index >= 15 is 0 Å². The molecule has 1 aromatic carbocycles. The molecule has 7 heteroatoms. The molecule has 2 aromatic rings. The van der Waals surface area contributed by atoms with E-state index in [1.807, 2.05) is 43.3 Å².